The fourth-order valence-corrected chi connectivity index (χ4v) is 2.94. The molecule has 0 fully saturated rings. The quantitative estimate of drug-likeness (QED) is 0.610. The van der Waals surface area contributed by atoms with Crippen LogP contribution in [-0.2, 0) is 17.8 Å². The average molecular weight is 352 g/mol. The average Bonchev–Trinajstić information content (AvgIpc) is 3.04. The second-order valence-corrected chi connectivity index (χ2v) is 6.50. The van der Waals surface area contributed by atoms with Gasteiger partial charge in [-0.1, -0.05) is 18.2 Å². The largest absolute Gasteiger partial charge is 0.492 e. The highest BCUT2D eigenvalue weighted by molar-refractivity contribution is 5.94. The molecule has 0 unspecified atom stereocenters. The maximum Gasteiger partial charge on any atom is 0.337 e. The van der Waals surface area contributed by atoms with Crippen LogP contribution < -0.4 is 4.74 Å². The molecular formula is C21H24N2O3. The second kappa shape index (κ2) is 8.06. The first-order valence-electron chi connectivity index (χ1n) is 8.60. The predicted molar refractivity (Wildman–Crippen MR) is 103 cm³/mol. The molecule has 0 aliphatic heterocycles. The van der Waals surface area contributed by atoms with Crippen LogP contribution in [0.5, 0.6) is 5.75 Å². The minimum Gasteiger partial charge on any atom is -0.492 e. The van der Waals surface area contributed by atoms with Crippen molar-refractivity contribution in [3.8, 4) is 5.75 Å². The fraction of sp³-hybridized carbons (Fsp3) is 0.286. The highest BCUT2D eigenvalue weighted by atomic mass is 16.5. The van der Waals surface area contributed by atoms with Gasteiger partial charge < -0.3 is 18.9 Å². The maximum atomic E-state index is 11.7. The molecule has 0 aliphatic carbocycles. The third-order valence-corrected chi connectivity index (χ3v) is 4.22. The van der Waals surface area contributed by atoms with Crippen LogP contribution >= 0.6 is 0 Å². The molecule has 0 saturated carbocycles. The lowest BCUT2D eigenvalue weighted by Gasteiger charge is -2.11. The van der Waals surface area contributed by atoms with E-state index in [4.69, 9.17) is 9.47 Å². The summed E-state index contributed by atoms with van der Waals surface area (Å²) in [6.07, 6.45) is 2.01. The topological polar surface area (TPSA) is 43.7 Å². The van der Waals surface area contributed by atoms with Crippen LogP contribution in [0.15, 0.2) is 54.7 Å². The van der Waals surface area contributed by atoms with Gasteiger partial charge in [0.15, 0.2) is 0 Å². The van der Waals surface area contributed by atoms with Gasteiger partial charge in [0.1, 0.15) is 12.4 Å². The summed E-state index contributed by atoms with van der Waals surface area (Å²) in [5.41, 5.74) is 2.81. The van der Waals surface area contributed by atoms with E-state index in [9.17, 15) is 4.79 Å². The van der Waals surface area contributed by atoms with E-state index in [-0.39, 0.29) is 5.97 Å². The molecule has 3 aromatic rings. The van der Waals surface area contributed by atoms with Gasteiger partial charge in [-0.25, -0.2) is 4.79 Å². The number of methoxy groups -OCH3 is 1. The van der Waals surface area contributed by atoms with E-state index in [1.807, 2.05) is 36.5 Å². The van der Waals surface area contributed by atoms with Crippen molar-refractivity contribution in [2.75, 3.05) is 27.8 Å². The Morgan fingerprint density at radius 3 is 2.54 bits per heavy atom. The van der Waals surface area contributed by atoms with E-state index in [1.165, 1.54) is 12.7 Å². The van der Waals surface area contributed by atoms with Gasteiger partial charge in [-0.2, -0.15) is 0 Å². The molecule has 3 rings (SSSR count). The van der Waals surface area contributed by atoms with E-state index >= 15 is 0 Å². The number of aromatic nitrogens is 1. The van der Waals surface area contributed by atoms with Gasteiger partial charge in [-0.05, 0) is 55.4 Å². The van der Waals surface area contributed by atoms with E-state index in [0.717, 1.165) is 23.2 Å². The highest BCUT2D eigenvalue weighted by Crippen LogP contribution is 2.19. The third kappa shape index (κ3) is 4.24. The number of rotatable bonds is 7. The number of fused-ring (bicyclic) bond motifs is 1. The lowest BCUT2D eigenvalue weighted by molar-refractivity contribution is 0.0601. The summed E-state index contributed by atoms with van der Waals surface area (Å²) in [6.45, 7) is 2.17. The Kier molecular flexibility index (Phi) is 5.58. The van der Waals surface area contributed by atoms with Crippen LogP contribution in [0, 0.1) is 0 Å². The van der Waals surface area contributed by atoms with Crippen LogP contribution in [0.3, 0.4) is 0 Å². The number of hydrogen-bond donors (Lipinski definition) is 0. The van der Waals surface area contributed by atoms with Gasteiger partial charge >= 0.3 is 5.97 Å². The Morgan fingerprint density at radius 2 is 1.85 bits per heavy atom. The summed E-state index contributed by atoms with van der Waals surface area (Å²) in [7, 11) is 5.50. The fourth-order valence-electron chi connectivity index (χ4n) is 2.94. The van der Waals surface area contributed by atoms with Crippen molar-refractivity contribution in [3.05, 3.63) is 65.9 Å². The monoisotopic (exact) mass is 352 g/mol. The van der Waals surface area contributed by atoms with Crippen molar-refractivity contribution in [1.29, 1.82) is 0 Å². The molecule has 0 radical (unpaired) electrons. The zero-order valence-electron chi connectivity index (χ0n) is 15.4. The standard InChI is InChI=1S/C21H24N2O3/c1-22(2)15-16-4-8-19(9-5-16)26-13-12-23-11-10-17-6-7-18(14-20(17)23)21(24)25-3/h4-11,14H,12-13,15H2,1-3H3. The van der Waals surface area contributed by atoms with Gasteiger partial charge in [0, 0.05) is 18.3 Å². The Labute approximate surface area is 153 Å². The molecule has 0 aliphatic rings. The van der Waals surface area contributed by atoms with Crippen molar-refractivity contribution in [3.63, 3.8) is 0 Å². The maximum absolute atomic E-state index is 11.7. The Morgan fingerprint density at radius 1 is 1.08 bits per heavy atom. The molecule has 0 amide bonds. The summed E-state index contributed by atoms with van der Waals surface area (Å²) in [5.74, 6) is 0.535. The normalized spacial score (nSPS) is 11.1. The van der Waals surface area contributed by atoms with Gasteiger partial charge in [-0.3, -0.25) is 0 Å². The molecule has 1 aromatic heterocycles. The zero-order valence-corrected chi connectivity index (χ0v) is 15.4. The molecule has 5 nitrogen and oxygen atoms in total. The Balaban J connectivity index is 1.63. The van der Waals surface area contributed by atoms with Crippen LogP contribution in [0.25, 0.3) is 10.9 Å². The third-order valence-electron chi connectivity index (χ3n) is 4.22. The van der Waals surface area contributed by atoms with Gasteiger partial charge in [0.2, 0.25) is 0 Å². The lowest BCUT2D eigenvalue weighted by atomic mass is 10.1. The molecule has 0 spiro atoms. The molecule has 0 N–H and O–H groups in total. The summed E-state index contributed by atoms with van der Waals surface area (Å²) in [5, 5.41) is 1.09. The van der Waals surface area contributed by atoms with E-state index in [1.54, 1.807) is 6.07 Å². The number of ether oxygens (including phenoxy) is 2. The molecular weight excluding hydrogens is 328 g/mol. The van der Waals surface area contributed by atoms with Crippen LogP contribution in [0.4, 0.5) is 0 Å². The lowest BCUT2D eigenvalue weighted by Crippen LogP contribution is -2.10. The molecule has 5 heteroatoms. The first-order valence-corrected chi connectivity index (χ1v) is 8.60. The molecule has 0 saturated heterocycles. The first-order chi connectivity index (χ1) is 12.6. The van der Waals surface area contributed by atoms with Crippen molar-refractivity contribution in [1.82, 2.24) is 9.47 Å². The van der Waals surface area contributed by atoms with Gasteiger partial charge in [-0.15, -0.1) is 0 Å². The Hall–Kier alpha value is -2.79. The number of carbonyl (C=O) groups is 1. The number of esters is 1. The summed E-state index contributed by atoms with van der Waals surface area (Å²) in [4.78, 5) is 13.9. The summed E-state index contributed by atoms with van der Waals surface area (Å²) >= 11 is 0. The smallest absolute Gasteiger partial charge is 0.337 e. The molecule has 0 bridgehead atoms. The molecule has 26 heavy (non-hydrogen) atoms. The van der Waals surface area contributed by atoms with Gasteiger partial charge in [0.25, 0.3) is 0 Å². The van der Waals surface area contributed by atoms with Crippen LogP contribution in [-0.4, -0.2) is 43.2 Å². The SMILES string of the molecule is COC(=O)c1ccc2ccn(CCOc3ccc(CN(C)C)cc3)c2c1. The summed E-state index contributed by atoms with van der Waals surface area (Å²) in [6, 6.07) is 15.8. The van der Waals surface area contributed by atoms with E-state index in [0.29, 0.717) is 18.7 Å². The number of hydrogen-bond acceptors (Lipinski definition) is 4. The summed E-state index contributed by atoms with van der Waals surface area (Å²) < 4.78 is 12.7. The predicted octanol–water partition coefficient (Wildman–Crippen LogP) is 3.57. The molecule has 0 atom stereocenters. The number of benzene rings is 2. The molecule has 2 aromatic carbocycles. The molecule has 136 valence electrons. The minimum absolute atomic E-state index is 0.325. The number of carbonyl (C=O) groups excluding carboxylic acids is 1. The minimum atomic E-state index is -0.325. The number of nitrogens with zero attached hydrogens (tertiary/aromatic N) is 2. The first kappa shape index (κ1) is 18.0. The zero-order chi connectivity index (χ0) is 18.5. The van der Waals surface area contributed by atoms with Crippen molar-refractivity contribution in [2.45, 2.75) is 13.1 Å². The van der Waals surface area contributed by atoms with Crippen LogP contribution in [0.1, 0.15) is 15.9 Å². The van der Waals surface area contributed by atoms with E-state index < -0.39 is 0 Å². The van der Waals surface area contributed by atoms with Crippen molar-refractivity contribution < 1.29 is 14.3 Å². The van der Waals surface area contributed by atoms with Gasteiger partial charge in [0.05, 0.1) is 19.2 Å². The second-order valence-electron chi connectivity index (χ2n) is 6.50. The molecule has 1 heterocycles. The van der Waals surface area contributed by atoms with Crippen molar-refractivity contribution >= 4 is 16.9 Å². The van der Waals surface area contributed by atoms with Crippen LogP contribution in [0.2, 0.25) is 0 Å². The van der Waals surface area contributed by atoms with Crippen molar-refractivity contribution in [2.24, 2.45) is 0 Å². The van der Waals surface area contributed by atoms with E-state index in [2.05, 4.69) is 35.7 Å². The highest BCUT2D eigenvalue weighted by Gasteiger charge is 2.08. The Bertz CT molecular complexity index is 882.